The summed E-state index contributed by atoms with van der Waals surface area (Å²) in [7, 11) is 1.82. The molecule has 158 valence electrons. The lowest BCUT2D eigenvalue weighted by atomic mass is 10.1. The van der Waals surface area contributed by atoms with Crippen LogP contribution in [-0.2, 0) is 24.5 Å². The van der Waals surface area contributed by atoms with Gasteiger partial charge >= 0.3 is 6.18 Å². The Labute approximate surface area is 166 Å². The van der Waals surface area contributed by atoms with E-state index in [4.69, 9.17) is 4.74 Å². The molecule has 1 aromatic carbocycles. The maximum absolute atomic E-state index is 13.3. The lowest BCUT2D eigenvalue weighted by Gasteiger charge is -2.34. The molecule has 1 saturated heterocycles. The average molecular weight is 413 g/mol. The lowest BCUT2D eigenvalue weighted by molar-refractivity contribution is -0.138. The fourth-order valence-electron chi connectivity index (χ4n) is 3.19. The Bertz CT molecular complexity index is 865. The number of aliphatic imine (C=N–C) groups is 1. The minimum absolute atomic E-state index is 0.0774. The Morgan fingerprint density at radius 1 is 1.38 bits per heavy atom. The third-order valence-electron chi connectivity index (χ3n) is 4.57. The van der Waals surface area contributed by atoms with Crippen LogP contribution >= 0.6 is 0 Å². The van der Waals surface area contributed by atoms with Crippen molar-refractivity contribution in [2.45, 2.75) is 25.7 Å². The van der Waals surface area contributed by atoms with Crippen molar-refractivity contribution in [2.75, 3.05) is 26.2 Å². The van der Waals surface area contributed by atoms with Gasteiger partial charge in [0.1, 0.15) is 11.9 Å². The van der Waals surface area contributed by atoms with Gasteiger partial charge in [-0.2, -0.15) is 18.3 Å². The molecule has 1 N–H and O–H groups in total. The summed E-state index contributed by atoms with van der Waals surface area (Å²) in [6, 6.07) is 2.65. The van der Waals surface area contributed by atoms with Crippen LogP contribution in [0, 0.1) is 5.82 Å². The van der Waals surface area contributed by atoms with Crippen LogP contribution in [0.1, 0.15) is 29.7 Å². The van der Waals surface area contributed by atoms with Gasteiger partial charge in [-0.15, -0.1) is 0 Å². The van der Waals surface area contributed by atoms with E-state index in [2.05, 4.69) is 15.4 Å². The summed E-state index contributed by atoms with van der Waals surface area (Å²) in [6.45, 7) is 3.73. The zero-order chi connectivity index (χ0) is 21.0. The summed E-state index contributed by atoms with van der Waals surface area (Å²) < 4.78 is 60.5. The van der Waals surface area contributed by atoms with E-state index in [0.717, 1.165) is 17.7 Å². The maximum atomic E-state index is 13.3. The number of hydrogen-bond acceptors (Lipinski definition) is 3. The van der Waals surface area contributed by atoms with Crippen LogP contribution in [0.15, 0.2) is 35.6 Å². The first-order valence-corrected chi connectivity index (χ1v) is 9.27. The van der Waals surface area contributed by atoms with Crippen LogP contribution in [0.3, 0.4) is 0 Å². The molecule has 0 aliphatic carbocycles. The lowest BCUT2D eigenvalue weighted by Crippen LogP contribution is -2.48. The van der Waals surface area contributed by atoms with Gasteiger partial charge in [0.05, 0.1) is 31.5 Å². The van der Waals surface area contributed by atoms with E-state index in [0.29, 0.717) is 38.3 Å². The van der Waals surface area contributed by atoms with Crippen LogP contribution in [-0.4, -0.2) is 46.9 Å². The van der Waals surface area contributed by atoms with E-state index < -0.39 is 17.6 Å². The molecule has 2 heterocycles. The van der Waals surface area contributed by atoms with Crippen molar-refractivity contribution in [1.82, 2.24) is 20.0 Å². The number of ether oxygens (including phenoxy) is 1. The second-order valence-electron chi connectivity index (χ2n) is 6.72. The molecule has 2 aromatic rings. The van der Waals surface area contributed by atoms with Gasteiger partial charge in [0, 0.05) is 31.9 Å². The monoisotopic (exact) mass is 413 g/mol. The molecule has 0 saturated carbocycles. The largest absolute Gasteiger partial charge is 0.416 e. The van der Waals surface area contributed by atoms with Gasteiger partial charge in [-0.05, 0) is 24.6 Å². The molecule has 0 radical (unpaired) electrons. The Hall–Kier alpha value is -2.62. The van der Waals surface area contributed by atoms with Gasteiger partial charge in [-0.3, -0.25) is 4.68 Å². The van der Waals surface area contributed by atoms with Crippen molar-refractivity contribution in [3.8, 4) is 0 Å². The number of benzene rings is 1. The standard InChI is InChI=1S/C19H23F4N5O/c1-3-24-18(25-9-13-4-5-15(20)8-16(13)19(21,22)23)28-6-7-29-17(12-28)14-10-26-27(2)11-14/h4-5,8,10-11,17H,3,6-7,9,12H2,1-2H3,(H,24,25). The molecule has 1 aliphatic rings. The Morgan fingerprint density at radius 3 is 2.83 bits per heavy atom. The quantitative estimate of drug-likeness (QED) is 0.476. The van der Waals surface area contributed by atoms with Crippen LogP contribution in [0.4, 0.5) is 17.6 Å². The molecule has 1 aromatic heterocycles. The molecule has 0 amide bonds. The molecule has 0 spiro atoms. The number of alkyl halides is 3. The van der Waals surface area contributed by atoms with Crippen molar-refractivity contribution in [2.24, 2.45) is 12.0 Å². The summed E-state index contributed by atoms with van der Waals surface area (Å²) in [5.41, 5.74) is -0.162. The third-order valence-corrected chi connectivity index (χ3v) is 4.57. The second-order valence-corrected chi connectivity index (χ2v) is 6.72. The van der Waals surface area contributed by atoms with Crippen molar-refractivity contribution in [1.29, 1.82) is 0 Å². The molecular weight excluding hydrogens is 390 g/mol. The number of nitrogens with zero attached hydrogens (tertiary/aromatic N) is 4. The Kier molecular flexibility index (Phi) is 6.41. The number of morpholine rings is 1. The van der Waals surface area contributed by atoms with E-state index in [1.54, 1.807) is 10.9 Å². The number of aromatic nitrogens is 2. The highest BCUT2D eigenvalue weighted by Crippen LogP contribution is 2.33. The molecular formula is C19H23F4N5O. The van der Waals surface area contributed by atoms with E-state index in [1.165, 1.54) is 0 Å². The average Bonchev–Trinajstić information content (AvgIpc) is 3.11. The number of aryl methyl sites for hydroxylation is 1. The maximum Gasteiger partial charge on any atom is 0.416 e. The SMILES string of the molecule is CCNC(=NCc1ccc(F)cc1C(F)(F)F)N1CCOC(c2cnn(C)c2)C1. The first kappa shape index (κ1) is 21.1. The summed E-state index contributed by atoms with van der Waals surface area (Å²) in [5.74, 6) is -0.438. The molecule has 1 atom stereocenters. The van der Waals surface area contributed by atoms with Gasteiger partial charge in [-0.1, -0.05) is 6.07 Å². The third kappa shape index (κ3) is 5.26. The zero-order valence-electron chi connectivity index (χ0n) is 16.2. The van der Waals surface area contributed by atoms with E-state index in [-0.39, 0.29) is 18.2 Å². The zero-order valence-corrected chi connectivity index (χ0v) is 16.2. The van der Waals surface area contributed by atoms with Gasteiger partial charge in [0.25, 0.3) is 0 Å². The van der Waals surface area contributed by atoms with Crippen molar-refractivity contribution in [3.63, 3.8) is 0 Å². The summed E-state index contributed by atoms with van der Waals surface area (Å²) in [4.78, 5) is 6.32. The van der Waals surface area contributed by atoms with Crippen molar-refractivity contribution >= 4 is 5.96 Å². The molecule has 29 heavy (non-hydrogen) atoms. The molecule has 0 bridgehead atoms. The highest BCUT2D eigenvalue weighted by atomic mass is 19.4. The minimum Gasteiger partial charge on any atom is -0.370 e. The highest BCUT2D eigenvalue weighted by Gasteiger charge is 2.34. The number of hydrogen-bond donors (Lipinski definition) is 1. The molecule has 1 unspecified atom stereocenters. The summed E-state index contributed by atoms with van der Waals surface area (Å²) >= 11 is 0. The topological polar surface area (TPSA) is 54.7 Å². The number of halogens is 4. The predicted octanol–water partition coefficient (Wildman–Crippen LogP) is 3.12. The smallest absolute Gasteiger partial charge is 0.370 e. The Morgan fingerprint density at radius 2 is 2.17 bits per heavy atom. The summed E-state index contributed by atoms with van der Waals surface area (Å²) in [6.07, 6.45) is -1.26. The Balaban J connectivity index is 1.80. The van der Waals surface area contributed by atoms with Gasteiger partial charge in [-0.25, -0.2) is 9.38 Å². The van der Waals surface area contributed by atoms with Crippen molar-refractivity contribution < 1.29 is 22.3 Å². The van der Waals surface area contributed by atoms with Crippen molar-refractivity contribution in [3.05, 3.63) is 53.1 Å². The highest BCUT2D eigenvalue weighted by molar-refractivity contribution is 5.80. The molecule has 1 aliphatic heterocycles. The first-order chi connectivity index (χ1) is 13.8. The predicted molar refractivity (Wildman–Crippen MR) is 99.7 cm³/mol. The normalized spacial score (nSPS) is 18.2. The van der Waals surface area contributed by atoms with Crippen LogP contribution in [0.25, 0.3) is 0 Å². The fraction of sp³-hybridized carbons (Fsp3) is 0.474. The van der Waals surface area contributed by atoms with Gasteiger partial charge in [0.15, 0.2) is 5.96 Å². The second kappa shape index (κ2) is 8.81. The number of nitrogens with one attached hydrogen (secondary N) is 1. The van der Waals surface area contributed by atoms with E-state index >= 15 is 0 Å². The number of guanidine groups is 1. The molecule has 6 nitrogen and oxygen atoms in total. The molecule has 1 fully saturated rings. The van der Waals surface area contributed by atoms with Gasteiger partial charge < -0.3 is 15.0 Å². The first-order valence-electron chi connectivity index (χ1n) is 9.27. The molecule has 10 heteroatoms. The fourth-order valence-corrected chi connectivity index (χ4v) is 3.19. The number of rotatable bonds is 4. The van der Waals surface area contributed by atoms with Gasteiger partial charge in [0.2, 0.25) is 0 Å². The van der Waals surface area contributed by atoms with E-state index in [1.807, 2.05) is 25.1 Å². The van der Waals surface area contributed by atoms with Crippen LogP contribution in [0.5, 0.6) is 0 Å². The van der Waals surface area contributed by atoms with Crippen LogP contribution in [0.2, 0.25) is 0 Å². The molecule has 3 rings (SSSR count). The van der Waals surface area contributed by atoms with Crippen LogP contribution < -0.4 is 5.32 Å². The summed E-state index contributed by atoms with van der Waals surface area (Å²) in [5, 5.41) is 7.26. The minimum atomic E-state index is -4.64. The van der Waals surface area contributed by atoms with E-state index in [9.17, 15) is 17.6 Å².